The number of amides is 1. The van der Waals surface area contributed by atoms with Crippen LogP contribution in [-0.2, 0) is 6.54 Å². The number of hydrogen-bond acceptors (Lipinski definition) is 2. The van der Waals surface area contributed by atoms with Crippen molar-refractivity contribution in [2.45, 2.75) is 39.2 Å². The molecule has 0 unspecified atom stereocenters. The number of nitrogens with zero attached hydrogens (tertiary/aromatic N) is 2. The maximum absolute atomic E-state index is 12.1. The number of likely N-dealkylation sites (tertiary alicyclic amines) is 1. The molecule has 1 fully saturated rings. The van der Waals surface area contributed by atoms with Crippen molar-refractivity contribution < 1.29 is 4.79 Å². The van der Waals surface area contributed by atoms with Gasteiger partial charge in [0.15, 0.2) is 0 Å². The first kappa shape index (κ1) is 15.6. The van der Waals surface area contributed by atoms with E-state index in [1.165, 1.54) is 32.4 Å². The molecule has 0 atom stereocenters. The molecule has 4 nitrogen and oxygen atoms in total. The Bertz CT molecular complexity index is 438. The van der Waals surface area contributed by atoms with Crippen LogP contribution in [0.25, 0.3) is 0 Å². The zero-order chi connectivity index (χ0) is 14.4. The van der Waals surface area contributed by atoms with Crippen LogP contribution in [0.1, 0.15) is 43.1 Å². The van der Waals surface area contributed by atoms with Gasteiger partial charge in [-0.3, -0.25) is 4.79 Å². The number of hydrogen-bond donors (Lipinski definition) is 1. The lowest BCUT2D eigenvalue weighted by atomic mass is 10.1. The summed E-state index contributed by atoms with van der Waals surface area (Å²) < 4.78 is 2.92. The highest BCUT2D eigenvalue weighted by molar-refractivity contribution is 9.10. The van der Waals surface area contributed by atoms with Crippen molar-refractivity contribution in [1.82, 2.24) is 14.8 Å². The Hall–Kier alpha value is -0.810. The molecule has 1 aliphatic rings. The van der Waals surface area contributed by atoms with E-state index in [0.29, 0.717) is 0 Å². The van der Waals surface area contributed by atoms with Gasteiger partial charge in [0.25, 0.3) is 5.91 Å². The van der Waals surface area contributed by atoms with Gasteiger partial charge in [0.2, 0.25) is 0 Å². The topological polar surface area (TPSA) is 37.3 Å². The second-order valence-corrected chi connectivity index (χ2v) is 6.26. The van der Waals surface area contributed by atoms with E-state index in [4.69, 9.17) is 0 Å². The van der Waals surface area contributed by atoms with Crippen LogP contribution < -0.4 is 5.32 Å². The van der Waals surface area contributed by atoms with Gasteiger partial charge in [0.1, 0.15) is 5.69 Å². The van der Waals surface area contributed by atoms with Gasteiger partial charge in [-0.2, -0.15) is 0 Å². The van der Waals surface area contributed by atoms with E-state index >= 15 is 0 Å². The molecule has 20 heavy (non-hydrogen) atoms. The largest absolute Gasteiger partial charge is 0.351 e. The molecule has 112 valence electrons. The molecule has 1 saturated heterocycles. The van der Waals surface area contributed by atoms with Crippen LogP contribution in [0, 0.1) is 0 Å². The van der Waals surface area contributed by atoms with Crippen molar-refractivity contribution in [3.8, 4) is 0 Å². The quantitative estimate of drug-likeness (QED) is 0.808. The standard InChI is InChI=1S/C15H24BrN3O/c1-2-19-12-13(16)11-14(19)15(20)17-7-6-10-18-8-4-3-5-9-18/h11-12H,2-10H2,1H3,(H,17,20). The molecule has 0 spiro atoms. The molecule has 1 aromatic rings. The Balaban J connectivity index is 1.71. The Morgan fingerprint density at radius 3 is 2.80 bits per heavy atom. The monoisotopic (exact) mass is 341 g/mol. The van der Waals surface area contributed by atoms with Crippen LogP contribution >= 0.6 is 15.9 Å². The summed E-state index contributed by atoms with van der Waals surface area (Å²) in [6, 6.07) is 1.88. The normalized spacial score (nSPS) is 16.3. The molecule has 0 bridgehead atoms. The molecule has 2 heterocycles. The number of halogens is 1. The van der Waals surface area contributed by atoms with Crippen LogP contribution in [0.2, 0.25) is 0 Å². The number of rotatable bonds is 6. The summed E-state index contributed by atoms with van der Waals surface area (Å²) in [7, 11) is 0. The van der Waals surface area contributed by atoms with Crippen LogP contribution in [0.4, 0.5) is 0 Å². The molecule has 1 N–H and O–H groups in total. The van der Waals surface area contributed by atoms with E-state index in [1.54, 1.807) is 0 Å². The van der Waals surface area contributed by atoms with Gasteiger partial charge < -0.3 is 14.8 Å². The highest BCUT2D eigenvalue weighted by Gasteiger charge is 2.12. The fraction of sp³-hybridized carbons (Fsp3) is 0.667. The highest BCUT2D eigenvalue weighted by Crippen LogP contribution is 2.15. The van der Waals surface area contributed by atoms with Crippen LogP contribution in [0.15, 0.2) is 16.7 Å². The smallest absolute Gasteiger partial charge is 0.267 e. The minimum atomic E-state index is 0.0243. The van der Waals surface area contributed by atoms with Crippen molar-refractivity contribution in [2.75, 3.05) is 26.2 Å². The average molecular weight is 342 g/mol. The Labute approximate surface area is 129 Å². The molecule has 1 amide bonds. The molecule has 0 saturated carbocycles. The first-order valence-corrected chi connectivity index (χ1v) is 8.36. The molecule has 5 heteroatoms. The van der Waals surface area contributed by atoms with Gasteiger partial charge in [0, 0.05) is 23.8 Å². The molecule has 1 aromatic heterocycles. The van der Waals surface area contributed by atoms with Crippen molar-refractivity contribution >= 4 is 21.8 Å². The zero-order valence-corrected chi connectivity index (χ0v) is 13.8. The molecular weight excluding hydrogens is 318 g/mol. The Morgan fingerprint density at radius 1 is 1.35 bits per heavy atom. The van der Waals surface area contributed by atoms with E-state index in [0.717, 1.165) is 36.2 Å². The predicted molar refractivity (Wildman–Crippen MR) is 85.0 cm³/mol. The second-order valence-electron chi connectivity index (χ2n) is 5.34. The summed E-state index contributed by atoms with van der Waals surface area (Å²) >= 11 is 3.42. The second kappa shape index (κ2) is 7.84. The lowest BCUT2D eigenvalue weighted by Gasteiger charge is -2.26. The summed E-state index contributed by atoms with van der Waals surface area (Å²) in [5, 5.41) is 3.02. The molecule has 0 radical (unpaired) electrons. The Morgan fingerprint density at radius 2 is 2.10 bits per heavy atom. The van der Waals surface area contributed by atoms with Crippen LogP contribution in [0.5, 0.6) is 0 Å². The first-order valence-electron chi connectivity index (χ1n) is 7.57. The molecule has 0 aromatic carbocycles. The minimum Gasteiger partial charge on any atom is -0.351 e. The summed E-state index contributed by atoms with van der Waals surface area (Å²) in [5.41, 5.74) is 0.734. The minimum absolute atomic E-state index is 0.0243. The van der Waals surface area contributed by atoms with Gasteiger partial charge in [0.05, 0.1) is 0 Å². The summed E-state index contributed by atoms with van der Waals surface area (Å²) in [5.74, 6) is 0.0243. The van der Waals surface area contributed by atoms with Gasteiger partial charge >= 0.3 is 0 Å². The number of carbonyl (C=O) groups is 1. The molecule has 0 aliphatic carbocycles. The third-order valence-corrected chi connectivity index (χ3v) is 4.26. The first-order chi connectivity index (χ1) is 9.70. The van der Waals surface area contributed by atoms with E-state index in [2.05, 4.69) is 26.1 Å². The summed E-state index contributed by atoms with van der Waals surface area (Å²) in [4.78, 5) is 14.6. The number of nitrogens with one attached hydrogen (secondary N) is 1. The SMILES string of the molecule is CCn1cc(Br)cc1C(=O)NCCCN1CCCCC1. The van der Waals surface area contributed by atoms with Crippen molar-refractivity contribution in [1.29, 1.82) is 0 Å². The Kier molecular flexibility index (Phi) is 6.10. The molecule has 2 rings (SSSR count). The lowest BCUT2D eigenvalue weighted by Crippen LogP contribution is -2.33. The van der Waals surface area contributed by atoms with E-state index in [9.17, 15) is 4.79 Å². The van der Waals surface area contributed by atoms with Gasteiger partial charge in [-0.25, -0.2) is 0 Å². The maximum Gasteiger partial charge on any atom is 0.267 e. The van der Waals surface area contributed by atoms with Crippen LogP contribution in [-0.4, -0.2) is 41.6 Å². The zero-order valence-electron chi connectivity index (χ0n) is 12.2. The van der Waals surface area contributed by atoms with Crippen molar-refractivity contribution in [2.24, 2.45) is 0 Å². The van der Waals surface area contributed by atoms with Crippen molar-refractivity contribution in [3.63, 3.8) is 0 Å². The van der Waals surface area contributed by atoms with E-state index in [1.807, 2.05) is 23.8 Å². The van der Waals surface area contributed by atoms with E-state index < -0.39 is 0 Å². The van der Waals surface area contributed by atoms with E-state index in [-0.39, 0.29) is 5.91 Å². The predicted octanol–water partition coefficient (Wildman–Crippen LogP) is 2.88. The van der Waals surface area contributed by atoms with Gasteiger partial charge in [-0.1, -0.05) is 6.42 Å². The highest BCUT2D eigenvalue weighted by atomic mass is 79.9. The summed E-state index contributed by atoms with van der Waals surface area (Å²) in [6.07, 6.45) is 6.99. The number of aromatic nitrogens is 1. The summed E-state index contributed by atoms with van der Waals surface area (Å²) in [6.45, 7) is 7.14. The maximum atomic E-state index is 12.1. The van der Waals surface area contributed by atoms with Crippen molar-refractivity contribution in [3.05, 3.63) is 22.4 Å². The third kappa shape index (κ3) is 4.35. The fourth-order valence-electron chi connectivity index (χ4n) is 2.70. The lowest BCUT2D eigenvalue weighted by molar-refractivity contribution is 0.0942. The van der Waals surface area contributed by atoms with Gasteiger partial charge in [-0.05, 0) is 67.8 Å². The number of carbonyl (C=O) groups excluding carboxylic acids is 1. The third-order valence-electron chi connectivity index (χ3n) is 3.82. The number of piperidine rings is 1. The van der Waals surface area contributed by atoms with Gasteiger partial charge in [-0.15, -0.1) is 0 Å². The average Bonchev–Trinajstić information content (AvgIpc) is 2.86. The molecular formula is C15H24BrN3O. The van der Waals surface area contributed by atoms with Crippen LogP contribution in [0.3, 0.4) is 0 Å². The molecule has 1 aliphatic heterocycles. The fourth-order valence-corrected chi connectivity index (χ4v) is 3.17. The number of aryl methyl sites for hydroxylation is 1.